The fourth-order valence-corrected chi connectivity index (χ4v) is 3.37. The van der Waals surface area contributed by atoms with Crippen LogP contribution in [-0.2, 0) is 11.3 Å². The molecule has 0 aliphatic carbocycles. The van der Waals surface area contributed by atoms with Gasteiger partial charge in [0.2, 0.25) is 0 Å². The molecule has 7 heteroatoms. The average Bonchev–Trinajstić information content (AvgIpc) is 2.78. The molecule has 23 heavy (non-hydrogen) atoms. The van der Waals surface area contributed by atoms with E-state index in [4.69, 9.17) is 23.2 Å². The van der Waals surface area contributed by atoms with Crippen LogP contribution in [0.3, 0.4) is 0 Å². The normalized spacial score (nSPS) is 11.6. The van der Waals surface area contributed by atoms with Crippen LogP contribution in [0.1, 0.15) is 0 Å². The number of hydrogen-bond donors (Lipinski definition) is 1. The summed E-state index contributed by atoms with van der Waals surface area (Å²) in [7, 11) is 0. The molecule has 4 aromatic rings. The summed E-state index contributed by atoms with van der Waals surface area (Å²) in [6, 6.07) is 10.7. The standard InChI is InChI=1S/C16H9Cl2N3O2/c17-8-5-9-14-16(20-12-4-2-1-3-11(12)19-14)21(7-13(22)23)15(9)10(18)6-8/h1-6H,7H2,(H,22,23). The van der Waals surface area contributed by atoms with Crippen molar-refractivity contribution in [3.8, 4) is 0 Å². The molecule has 0 unspecified atom stereocenters. The number of benzene rings is 2. The lowest BCUT2D eigenvalue weighted by molar-refractivity contribution is -0.137. The number of aromatic nitrogens is 3. The Morgan fingerprint density at radius 1 is 1.13 bits per heavy atom. The van der Waals surface area contributed by atoms with Crippen molar-refractivity contribution in [2.24, 2.45) is 0 Å². The second-order valence-electron chi connectivity index (χ2n) is 5.15. The Kier molecular flexibility index (Phi) is 3.14. The van der Waals surface area contributed by atoms with E-state index >= 15 is 0 Å². The van der Waals surface area contributed by atoms with Crippen LogP contribution in [0.4, 0.5) is 0 Å². The topological polar surface area (TPSA) is 68.0 Å². The highest BCUT2D eigenvalue weighted by atomic mass is 35.5. The number of carboxylic acid groups (broad SMARTS) is 1. The molecule has 5 nitrogen and oxygen atoms in total. The third-order valence-corrected chi connectivity index (χ3v) is 4.16. The molecule has 0 amide bonds. The van der Waals surface area contributed by atoms with Gasteiger partial charge in [0.15, 0.2) is 5.65 Å². The summed E-state index contributed by atoms with van der Waals surface area (Å²) in [5, 5.41) is 10.8. The fourth-order valence-electron chi connectivity index (χ4n) is 2.78. The molecule has 4 rings (SSSR count). The number of nitrogens with zero attached hydrogens (tertiary/aromatic N) is 3. The summed E-state index contributed by atoms with van der Waals surface area (Å²) in [5.41, 5.74) is 3.06. The molecule has 0 bridgehead atoms. The van der Waals surface area contributed by atoms with Crippen molar-refractivity contribution >= 4 is 62.3 Å². The van der Waals surface area contributed by atoms with E-state index in [9.17, 15) is 9.90 Å². The molecule has 114 valence electrons. The number of fused-ring (bicyclic) bond motifs is 4. The van der Waals surface area contributed by atoms with Gasteiger partial charge in [-0.05, 0) is 24.3 Å². The predicted octanol–water partition coefficient (Wildman–Crippen LogP) is 4.13. The van der Waals surface area contributed by atoms with Gasteiger partial charge in [0.05, 0.1) is 21.6 Å². The minimum atomic E-state index is -0.982. The zero-order valence-corrected chi connectivity index (χ0v) is 13.1. The number of hydrogen-bond acceptors (Lipinski definition) is 3. The second-order valence-corrected chi connectivity index (χ2v) is 5.99. The molecule has 0 saturated heterocycles. The minimum absolute atomic E-state index is 0.256. The molecular weight excluding hydrogens is 337 g/mol. The van der Waals surface area contributed by atoms with E-state index in [0.29, 0.717) is 37.6 Å². The zero-order valence-electron chi connectivity index (χ0n) is 11.6. The van der Waals surface area contributed by atoms with Crippen molar-refractivity contribution in [1.82, 2.24) is 14.5 Å². The van der Waals surface area contributed by atoms with Gasteiger partial charge in [-0.3, -0.25) is 4.79 Å². The first-order chi connectivity index (χ1) is 11.0. The Morgan fingerprint density at radius 3 is 2.52 bits per heavy atom. The maximum atomic E-state index is 11.3. The first kappa shape index (κ1) is 14.2. The maximum Gasteiger partial charge on any atom is 0.323 e. The largest absolute Gasteiger partial charge is 0.480 e. The molecule has 0 atom stereocenters. The molecule has 2 aromatic carbocycles. The number of halogens is 2. The van der Waals surface area contributed by atoms with Crippen molar-refractivity contribution in [1.29, 1.82) is 0 Å². The summed E-state index contributed by atoms with van der Waals surface area (Å²) < 4.78 is 1.56. The van der Waals surface area contributed by atoms with Gasteiger partial charge in [-0.15, -0.1) is 0 Å². The van der Waals surface area contributed by atoms with Crippen LogP contribution in [0.2, 0.25) is 10.0 Å². The van der Waals surface area contributed by atoms with Crippen molar-refractivity contribution in [3.63, 3.8) is 0 Å². The monoisotopic (exact) mass is 345 g/mol. The van der Waals surface area contributed by atoms with Crippen molar-refractivity contribution < 1.29 is 9.90 Å². The van der Waals surface area contributed by atoms with Gasteiger partial charge < -0.3 is 9.67 Å². The second kappa shape index (κ2) is 5.08. The van der Waals surface area contributed by atoms with E-state index in [1.54, 1.807) is 16.7 Å². The van der Waals surface area contributed by atoms with Crippen molar-refractivity contribution in [2.45, 2.75) is 6.54 Å². The molecule has 1 N–H and O–H groups in total. The van der Waals surface area contributed by atoms with Crippen LogP contribution in [0.15, 0.2) is 36.4 Å². The molecule has 0 aliphatic heterocycles. The van der Waals surface area contributed by atoms with Gasteiger partial charge >= 0.3 is 5.97 Å². The predicted molar refractivity (Wildman–Crippen MR) is 90.2 cm³/mol. The number of aliphatic carboxylic acids is 1. The highest BCUT2D eigenvalue weighted by Gasteiger charge is 2.19. The number of para-hydroxylation sites is 2. The van der Waals surface area contributed by atoms with E-state index in [1.807, 2.05) is 24.3 Å². The molecule has 0 fully saturated rings. The number of rotatable bonds is 2. The Bertz CT molecular complexity index is 1110. The third-order valence-electron chi connectivity index (χ3n) is 3.65. The first-order valence-corrected chi connectivity index (χ1v) is 7.56. The van der Waals surface area contributed by atoms with Crippen molar-refractivity contribution in [2.75, 3.05) is 0 Å². The summed E-state index contributed by atoms with van der Waals surface area (Å²) in [5.74, 6) is -0.982. The number of carboxylic acids is 1. The Labute approximate surface area is 140 Å². The van der Waals surface area contributed by atoms with E-state index in [2.05, 4.69) is 9.97 Å². The van der Waals surface area contributed by atoms with Gasteiger partial charge in [-0.25, -0.2) is 9.97 Å². The molecule has 2 aromatic heterocycles. The molecular formula is C16H9Cl2N3O2. The summed E-state index contributed by atoms with van der Waals surface area (Å²) in [6.45, 7) is -0.256. The van der Waals surface area contributed by atoms with Crippen LogP contribution in [-0.4, -0.2) is 25.6 Å². The van der Waals surface area contributed by atoms with Crippen LogP contribution in [0.25, 0.3) is 33.1 Å². The van der Waals surface area contributed by atoms with E-state index < -0.39 is 5.97 Å². The van der Waals surface area contributed by atoms with E-state index in [-0.39, 0.29) is 6.54 Å². The Hall–Kier alpha value is -2.37. The molecule has 0 radical (unpaired) electrons. The maximum absolute atomic E-state index is 11.3. The smallest absolute Gasteiger partial charge is 0.323 e. The lowest BCUT2D eigenvalue weighted by Crippen LogP contribution is -2.09. The van der Waals surface area contributed by atoms with Gasteiger partial charge in [0.1, 0.15) is 12.1 Å². The quantitative estimate of drug-likeness (QED) is 0.593. The number of carbonyl (C=O) groups is 1. The van der Waals surface area contributed by atoms with Crippen LogP contribution < -0.4 is 0 Å². The molecule has 0 saturated carbocycles. The summed E-state index contributed by atoms with van der Waals surface area (Å²) >= 11 is 12.4. The lowest BCUT2D eigenvalue weighted by atomic mass is 10.2. The lowest BCUT2D eigenvalue weighted by Gasteiger charge is -2.04. The van der Waals surface area contributed by atoms with Crippen LogP contribution in [0.5, 0.6) is 0 Å². The van der Waals surface area contributed by atoms with Gasteiger partial charge in [-0.1, -0.05) is 35.3 Å². The van der Waals surface area contributed by atoms with Crippen LogP contribution >= 0.6 is 23.2 Å². The van der Waals surface area contributed by atoms with Crippen LogP contribution in [0, 0.1) is 0 Å². The highest BCUT2D eigenvalue weighted by Crippen LogP contribution is 2.35. The average molecular weight is 346 g/mol. The third kappa shape index (κ3) is 2.20. The van der Waals surface area contributed by atoms with Gasteiger partial charge in [0, 0.05) is 10.4 Å². The first-order valence-electron chi connectivity index (χ1n) is 6.80. The van der Waals surface area contributed by atoms with Gasteiger partial charge in [0.25, 0.3) is 0 Å². The SMILES string of the molecule is O=C(O)Cn1c2nc3ccccc3nc2c2cc(Cl)cc(Cl)c21. The minimum Gasteiger partial charge on any atom is -0.480 e. The summed E-state index contributed by atoms with van der Waals surface area (Å²) in [4.78, 5) is 20.5. The van der Waals surface area contributed by atoms with Crippen molar-refractivity contribution in [3.05, 3.63) is 46.4 Å². The molecule has 0 aliphatic rings. The zero-order chi connectivity index (χ0) is 16.1. The Morgan fingerprint density at radius 2 is 1.83 bits per heavy atom. The fraction of sp³-hybridized carbons (Fsp3) is 0.0625. The van der Waals surface area contributed by atoms with Gasteiger partial charge in [-0.2, -0.15) is 0 Å². The van der Waals surface area contributed by atoms with E-state index in [0.717, 1.165) is 5.52 Å². The van der Waals surface area contributed by atoms with E-state index in [1.165, 1.54) is 0 Å². The molecule has 2 heterocycles. The molecule has 0 spiro atoms. The summed E-state index contributed by atoms with van der Waals surface area (Å²) in [6.07, 6.45) is 0. The Balaban J connectivity index is 2.24. The highest BCUT2D eigenvalue weighted by molar-refractivity contribution is 6.39.